The summed E-state index contributed by atoms with van der Waals surface area (Å²) in [5.74, 6) is 6.04. The Bertz CT molecular complexity index is 315. The molecule has 1 aliphatic carbocycles. The largest absolute Gasteiger partial charge is 0.363 e. The molecule has 0 aromatic carbocycles. The van der Waals surface area contributed by atoms with Gasteiger partial charge in [-0.3, -0.25) is 0 Å². The highest BCUT2D eigenvalue weighted by Gasteiger charge is 2.00. The highest BCUT2D eigenvalue weighted by atomic mass is 79.9. The number of hydrogen-bond acceptors (Lipinski definition) is 1. The number of unbranched alkanes of at least 4 members (excludes halogenated alkanes) is 1. The van der Waals surface area contributed by atoms with E-state index < -0.39 is 0 Å². The fourth-order valence-corrected chi connectivity index (χ4v) is 1.50. The molecule has 0 heterocycles. The zero-order valence-electron chi connectivity index (χ0n) is 8.26. The van der Waals surface area contributed by atoms with Gasteiger partial charge in [-0.1, -0.05) is 49.5 Å². The molecule has 1 unspecified atom stereocenters. The molecule has 1 nitrogen and oxygen atoms in total. The maximum absolute atomic E-state index is 3.47. The SMILES string of the molecule is CCC/C=C(\Br)NC1C#CC=CC=C1. The molecule has 0 spiro atoms. The lowest BCUT2D eigenvalue weighted by Crippen LogP contribution is -2.22. The van der Waals surface area contributed by atoms with E-state index in [-0.39, 0.29) is 6.04 Å². The molecule has 1 atom stereocenters. The predicted molar refractivity (Wildman–Crippen MR) is 64.9 cm³/mol. The molecule has 1 N–H and O–H groups in total. The van der Waals surface area contributed by atoms with Gasteiger partial charge in [0.2, 0.25) is 0 Å². The van der Waals surface area contributed by atoms with Gasteiger partial charge in [0.05, 0.1) is 4.61 Å². The van der Waals surface area contributed by atoms with Crippen molar-refractivity contribution in [1.82, 2.24) is 5.32 Å². The molecule has 1 aliphatic rings. The first kappa shape index (κ1) is 11.1. The average molecular weight is 252 g/mol. The van der Waals surface area contributed by atoms with E-state index in [0.29, 0.717) is 0 Å². The van der Waals surface area contributed by atoms with E-state index >= 15 is 0 Å². The van der Waals surface area contributed by atoms with E-state index in [9.17, 15) is 0 Å². The first-order valence-electron chi connectivity index (χ1n) is 4.79. The summed E-state index contributed by atoms with van der Waals surface area (Å²) in [5.41, 5.74) is 0. The van der Waals surface area contributed by atoms with Crippen LogP contribution >= 0.6 is 15.9 Å². The minimum absolute atomic E-state index is 0.104. The van der Waals surface area contributed by atoms with Gasteiger partial charge in [0.1, 0.15) is 6.04 Å². The van der Waals surface area contributed by atoms with Crippen LogP contribution in [0.2, 0.25) is 0 Å². The van der Waals surface area contributed by atoms with Gasteiger partial charge in [-0.15, -0.1) is 0 Å². The molecule has 0 bridgehead atoms. The van der Waals surface area contributed by atoms with E-state index in [0.717, 1.165) is 17.4 Å². The van der Waals surface area contributed by atoms with Gasteiger partial charge in [-0.2, -0.15) is 0 Å². The minimum Gasteiger partial charge on any atom is -0.363 e. The van der Waals surface area contributed by atoms with Gasteiger partial charge >= 0.3 is 0 Å². The second kappa shape index (κ2) is 6.50. The van der Waals surface area contributed by atoms with E-state index in [2.05, 4.69) is 46.1 Å². The molecule has 2 heteroatoms. The summed E-state index contributed by atoms with van der Waals surface area (Å²) in [7, 11) is 0. The van der Waals surface area contributed by atoms with Crippen molar-refractivity contribution in [3.63, 3.8) is 0 Å². The Morgan fingerprint density at radius 2 is 2.43 bits per heavy atom. The van der Waals surface area contributed by atoms with Crippen LogP contribution in [0.15, 0.2) is 35.0 Å². The van der Waals surface area contributed by atoms with Crippen LogP contribution in [0.25, 0.3) is 0 Å². The third-order valence-electron chi connectivity index (χ3n) is 1.74. The van der Waals surface area contributed by atoms with Crippen molar-refractivity contribution in [1.29, 1.82) is 0 Å². The topological polar surface area (TPSA) is 12.0 Å². The summed E-state index contributed by atoms with van der Waals surface area (Å²) in [6, 6.07) is 0.104. The van der Waals surface area contributed by atoms with Crippen molar-refractivity contribution in [3.8, 4) is 11.8 Å². The third-order valence-corrected chi connectivity index (χ3v) is 2.29. The summed E-state index contributed by atoms with van der Waals surface area (Å²) >= 11 is 3.47. The molecular formula is C12H14BrN. The Morgan fingerprint density at radius 3 is 3.21 bits per heavy atom. The Morgan fingerprint density at radius 1 is 1.57 bits per heavy atom. The molecule has 0 aromatic rings. The lowest BCUT2D eigenvalue weighted by Gasteiger charge is -2.08. The molecule has 0 saturated carbocycles. The van der Waals surface area contributed by atoms with Crippen LogP contribution in [0.4, 0.5) is 0 Å². The molecule has 0 radical (unpaired) electrons. The van der Waals surface area contributed by atoms with Crippen molar-refractivity contribution in [3.05, 3.63) is 35.0 Å². The van der Waals surface area contributed by atoms with E-state index in [1.807, 2.05) is 24.3 Å². The highest BCUT2D eigenvalue weighted by molar-refractivity contribution is 9.11. The van der Waals surface area contributed by atoms with Crippen molar-refractivity contribution in [2.75, 3.05) is 0 Å². The second-order valence-corrected chi connectivity index (χ2v) is 3.85. The number of rotatable bonds is 4. The van der Waals surface area contributed by atoms with Crippen molar-refractivity contribution >= 4 is 15.9 Å². The Hall–Kier alpha value is -0.940. The van der Waals surface area contributed by atoms with Gasteiger partial charge in [0.15, 0.2) is 0 Å². The molecule has 14 heavy (non-hydrogen) atoms. The Balaban J connectivity index is 2.46. The van der Waals surface area contributed by atoms with Crippen LogP contribution in [-0.2, 0) is 0 Å². The van der Waals surface area contributed by atoms with Gasteiger partial charge in [0.25, 0.3) is 0 Å². The first-order chi connectivity index (χ1) is 6.83. The van der Waals surface area contributed by atoms with Crippen LogP contribution in [-0.4, -0.2) is 6.04 Å². The zero-order chi connectivity index (χ0) is 10.2. The van der Waals surface area contributed by atoms with Crippen LogP contribution in [0.1, 0.15) is 19.8 Å². The standard InChI is InChI=1S/C12H14BrN/c1-2-3-10-12(13)14-11-8-6-4-5-7-9-11/h4-6,8,10-11,14H,2-3H2,1H3/b12-10+. The first-order valence-corrected chi connectivity index (χ1v) is 5.59. The van der Waals surface area contributed by atoms with Gasteiger partial charge in [-0.05, 0) is 28.4 Å². The second-order valence-electron chi connectivity index (χ2n) is 3.00. The minimum atomic E-state index is 0.104. The fourth-order valence-electron chi connectivity index (χ4n) is 1.03. The van der Waals surface area contributed by atoms with E-state index in [1.54, 1.807) is 0 Å². The van der Waals surface area contributed by atoms with E-state index in [1.165, 1.54) is 0 Å². The van der Waals surface area contributed by atoms with Crippen LogP contribution in [0, 0.1) is 11.8 Å². The van der Waals surface area contributed by atoms with Crippen LogP contribution in [0.5, 0.6) is 0 Å². The summed E-state index contributed by atoms with van der Waals surface area (Å²) in [6.07, 6.45) is 12.2. The molecule has 0 aromatic heterocycles. The Labute approximate surface area is 94.1 Å². The number of allylic oxidation sites excluding steroid dienone is 4. The van der Waals surface area contributed by atoms with Gasteiger partial charge < -0.3 is 5.32 Å². The lowest BCUT2D eigenvalue weighted by atomic mass is 10.3. The maximum Gasteiger partial charge on any atom is 0.107 e. The Kier molecular flexibility index (Phi) is 5.17. The summed E-state index contributed by atoms with van der Waals surface area (Å²) in [5, 5.41) is 3.27. The molecule has 0 aliphatic heterocycles. The van der Waals surface area contributed by atoms with Crippen LogP contribution < -0.4 is 5.32 Å². The molecule has 0 saturated heterocycles. The van der Waals surface area contributed by atoms with E-state index in [4.69, 9.17) is 0 Å². The smallest absolute Gasteiger partial charge is 0.107 e. The average Bonchev–Trinajstić information content (AvgIpc) is 2.43. The number of nitrogens with one attached hydrogen (secondary N) is 1. The molecule has 1 rings (SSSR count). The summed E-state index contributed by atoms with van der Waals surface area (Å²) < 4.78 is 1.02. The van der Waals surface area contributed by atoms with Gasteiger partial charge in [0, 0.05) is 0 Å². The maximum atomic E-state index is 3.47. The molecular weight excluding hydrogens is 238 g/mol. The third kappa shape index (κ3) is 4.34. The van der Waals surface area contributed by atoms with Crippen molar-refractivity contribution in [2.24, 2.45) is 0 Å². The summed E-state index contributed by atoms with van der Waals surface area (Å²) in [4.78, 5) is 0. The molecule has 0 amide bonds. The van der Waals surface area contributed by atoms with Crippen molar-refractivity contribution < 1.29 is 0 Å². The number of halogens is 1. The molecule has 74 valence electrons. The van der Waals surface area contributed by atoms with Crippen molar-refractivity contribution in [2.45, 2.75) is 25.8 Å². The summed E-state index contributed by atoms with van der Waals surface area (Å²) in [6.45, 7) is 2.16. The normalized spacial score (nSPS) is 19.9. The zero-order valence-corrected chi connectivity index (χ0v) is 9.84. The monoisotopic (exact) mass is 251 g/mol. The van der Waals surface area contributed by atoms with Gasteiger partial charge in [-0.25, -0.2) is 0 Å². The van der Waals surface area contributed by atoms with Crippen LogP contribution in [0.3, 0.4) is 0 Å². The lowest BCUT2D eigenvalue weighted by molar-refractivity contribution is 0.839. The predicted octanol–water partition coefficient (Wildman–Crippen LogP) is 3.11. The molecule has 0 fully saturated rings. The quantitative estimate of drug-likeness (QED) is 0.598. The number of hydrogen-bond donors (Lipinski definition) is 1. The highest BCUT2D eigenvalue weighted by Crippen LogP contribution is 2.05. The fraction of sp³-hybridized carbons (Fsp3) is 0.333.